The molecule has 3 N–H and O–H groups in total. The molecular formula is C25H36ClN5O4S. The van der Waals surface area contributed by atoms with Gasteiger partial charge in [-0.2, -0.15) is 0 Å². The van der Waals surface area contributed by atoms with Crippen molar-refractivity contribution >= 4 is 34.2 Å². The third-order valence-corrected chi connectivity index (χ3v) is 8.90. The van der Waals surface area contributed by atoms with Crippen LogP contribution in [0.2, 0.25) is 5.02 Å². The topological polar surface area (TPSA) is 120 Å². The van der Waals surface area contributed by atoms with E-state index in [1.54, 1.807) is 28.7 Å². The predicted octanol–water partition coefficient (Wildman–Crippen LogP) is 2.59. The molecule has 0 spiro atoms. The van der Waals surface area contributed by atoms with Gasteiger partial charge in [0.05, 0.1) is 22.3 Å². The Balaban J connectivity index is 0.00000115. The molecule has 2 heterocycles. The molecule has 1 saturated carbocycles. The number of benzene rings is 1. The van der Waals surface area contributed by atoms with E-state index < -0.39 is 20.3 Å². The SMILES string of the molecule is CCN.COCC(C)(C)S(=O)C1(CN2CCn3c(cnc3C(=O)NCc3ccc(Cl)cc3)C2=O)CC1. The lowest BCUT2D eigenvalue weighted by molar-refractivity contribution is 0.0698. The van der Waals surface area contributed by atoms with E-state index in [4.69, 9.17) is 22.1 Å². The van der Waals surface area contributed by atoms with Crippen LogP contribution in [0.15, 0.2) is 30.5 Å². The summed E-state index contributed by atoms with van der Waals surface area (Å²) < 4.78 is 19.3. The van der Waals surface area contributed by atoms with Gasteiger partial charge in [-0.15, -0.1) is 0 Å². The van der Waals surface area contributed by atoms with Gasteiger partial charge in [0, 0.05) is 49.1 Å². The van der Waals surface area contributed by atoms with Crippen molar-refractivity contribution < 1.29 is 18.5 Å². The number of aromatic nitrogens is 2. The predicted molar refractivity (Wildman–Crippen MR) is 142 cm³/mol. The molecule has 198 valence electrons. The minimum Gasteiger partial charge on any atom is -0.383 e. The Kier molecular flexibility index (Phi) is 9.32. The summed E-state index contributed by atoms with van der Waals surface area (Å²) in [4.78, 5) is 31.8. The van der Waals surface area contributed by atoms with Gasteiger partial charge in [-0.1, -0.05) is 30.7 Å². The molecule has 4 rings (SSSR count). The van der Waals surface area contributed by atoms with Gasteiger partial charge in [-0.25, -0.2) is 4.98 Å². The van der Waals surface area contributed by atoms with Gasteiger partial charge in [0.2, 0.25) is 0 Å². The van der Waals surface area contributed by atoms with Crippen LogP contribution < -0.4 is 11.1 Å². The largest absolute Gasteiger partial charge is 0.383 e. The van der Waals surface area contributed by atoms with Crippen molar-refractivity contribution in [3.8, 4) is 0 Å². The van der Waals surface area contributed by atoms with Crippen LogP contribution in [0.1, 0.15) is 60.3 Å². The molecule has 1 aliphatic heterocycles. The summed E-state index contributed by atoms with van der Waals surface area (Å²) in [5, 5.41) is 3.48. The van der Waals surface area contributed by atoms with Crippen molar-refractivity contribution in [1.82, 2.24) is 19.8 Å². The van der Waals surface area contributed by atoms with Crippen LogP contribution in [-0.2, 0) is 28.6 Å². The van der Waals surface area contributed by atoms with Crippen LogP contribution in [0, 0.1) is 0 Å². The first kappa shape index (κ1) is 28.3. The Morgan fingerprint density at radius 1 is 1.28 bits per heavy atom. The molecule has 2 amide bonds. The number of imidazole rings is 1. The zero-order valence-corrected chi connectivity index (χ0v) is 23.0. The number of nitrogens with zero attached hydrogens (tertiary/aromatic N) is 3. The van der Waals surface area contributed by atoms with Crippen LogP contribution >= 0.6 is 11.6 Å². The van der Waals surface area contributed by atoms with Crippen molar-refractivity contribution in [3.63, 3.8) is 0 Å². The van der Waals surface area contributed by atoms with E-state index in [0.717, 1.165) is 24.9 Å². The number of carbonyl (C=O) groups is 2. The second-order valence-electron chi connectivity index (χ2n) is 9.71. The maximum atomic E-state index is 13.3. The maximum Gasteiger partial charge on any atom is 0.287 e. The van der Waals surface area contributed by atoms with Crippen molar-refractivity contribution in [1.29, 1.82) is 0 Å². The molecule has 1 aromatic carbocycles. The van der Waals surface area contributed by atoms with Gasteiger partial charge < -0.3 is 25.3 Å². The smallest absolute Gasteiger partial charge is 0.287 e. The molecule has 11 heteroatoms. The Hall–Kier alpha value is -2.27. The maximum absolute atomic E-state index is 13.3. The van der Waals surface area contributed by atoms with Crippen molar-refractivity contribution in [2.45, 2.75) is 56.2 Å². The molecule has 0 saturated heterocycles. The van der Waals surface area contributed by atoms with Crippen LogP contribution in [0.3, 0.4) is 0 Å². The first-order chi connectivity index (χ1) is 17.1. The second-order valence-corrected chi connectivity index (χ2v) is 12.7. The molecule has 9 nitrogen and oxygen atoms in total. The van der Waals surface area contributed by atoms with Crippen LogP contribution in [0.5, 0.6) is 0 Å². The molecule has 2 aromatic rings. The number of fused-ring (bicyclic) bond motifs is 1. The van der Waals surface area contributed by atoms with Crippen LogP contribution in [0.4, 0.5) is 0 Å². The molecule has 0 bridgehead atoms. The summed E-state index contributed by atoms with van der Waals surface area (Å²) >= 11 is 5.90. The van der Waals surface area contributed by atoms with E-state index >= 15 is 0 Å². The molecule has 1 aromatic heterocycles. The lowest BCUT2D eigenvalue weighted by Gasteiger charge is -2.34. The Labute approximate surface area is 220 Å². The number of hydrogen-bond acceptors (Lipinski definition) is 6. The molecule has 1 aliphatic carbocycles. The number of amides is 2. The van der Waals surface area contributed by atoms with Gasteiger partial charge in [0.1, 0.15) is 5.69 Å². The third kappa shape index (κ3) is 6.34. The highest BCUT2D eigenvalue weighted by atomic mass is 35.5. The highest BCUT2D eigenvalue weighted by molar-refractivity contribution is 7.88. The zero-order chi connectivity index (χ0) is 26.5. The van der Waals surface area contributed by atoms with Gasteiger partial charge in [-0.3, -0.25) is 13.8 Å². The Morgan fingerprint density at radius 3 is 2.50 bits per heavy atom. The van der Waals surface area contributed by atoms with Gasteiger partial charge in [0.15, 0.2) is 5.82 Å². The lowest BCUT2D eigenvalue weighted by Crippen LogP contribution is -2.49. The summed E-state index contributed by atoms with van der Waals surface area (Å²) in [6, 6.07) is 7.22. The van der Waals surface area contributed by atoms with E-state index in [2.05, 4.69) is 10.3 Å². The standard InChI is InChI=1S/C23H29ClN4O4S.C2H7N/c1-22(2,15-32-3)33(31)23(8-9-23)14-27-10-11-28-18(21(27)30)13-25-19(28)20(29)26-12-16-4-6-17(24)7-5-16;1-2-3/h4-7,13H,8-12,14-15H2,1-3H3,(H,26,29);2-3H2,1H3. The fraction of sp³-hybridized carbons (Fsp3) is 0.560. The number of nitrogens with two attached hydrogens (primary N) is 1. The van der Waals surface area contributed by atoms with E-state index in [1.807, 2.05) is 32.9 Å². The molecule has 1 unspecified atom stereocenters. The van der Waals surface area contributed by atoms with E-state index in [1.165, 1.54) is 6.20 Å². The second kappa shape index (κ2) is 11.9. The number of ether oxygens (including phenoxy) is 1. The minimum absolute atomic E-state index is 0.182. The normalized spacial score (nSPS) is 17.1. The number of hydrogen-bond donors (Lipinski definition) is 2. The number of halogens is 1. The van der Waals surface area contributed by atoms with Gasteiger partial charge in [0.25, 0.3) is 11.8 Å². The summed E-state index contributed by atoms with van der Waals surface area (Å²) in [6.07, 6.45) is 3.11. The van der Waals surface area contributed by atoms with Crippen molar-refractivity contribution in [3.05, 3.63) is 52.6 Å². The summed E-state index contributed by atoms with van der Waals surface area (Å²) in [5.74, 6) is -0.297. The Morgan fingerprint density at radius 2 is 1.92 bits per heavy atom. The third-order valence-electron chi connectivity index (χ3n) is 6.20. The van der Waals surface area contributed by atoms with Gasteiger partial charge in [-0.05, 0) is 50.9 Å². The first-order valence-electron chi connectivity index (χ1n) is 12.1. The average molecular weight is 538 g/mol. The first-order valence-corrected chi connectivity index (χ1v) is 13.6. The number of methoxy groups -OCH3 is 1. The zero-order valence-electron chi connectivity index (χ0n) is 21.4. The molecule has 2 aliphatic rings. The van der Waals surface area contributed by atoms with E-state index in [9.17, 15) is 13.8 Å². The van der Waals surface area contributed by atoms with Crippen LogP contribution in [-0.4, -0.2) is 73.3 Å². The molecule has 0 radical (unpaired) electrons. The number of nitrogens with one attached hydrogen (secondary N) is 1. The lowest BCUT2D eigenvalue weighted by atomic mass is 10.2. The highest BCUT2D eigenvalue weighted by Crippen LogP contribution is 2.46. The summed E-state index contributed by atoms with van der Waals surface area (Å²) in [5.41, 5.74) is 6.15. The summed E-state index contributed by atoms with van der Waals surface area (Å²) in [7, 11) is 0.466. The molecule has 1 fully saturated rings. The van der Waals surface area contributed by atoms with Crippen LogP contribution in [0.25, 0.3) is 0 Å². The fourth-order valence-electron chi connectivity index (χ4n) is 4.33. The Bertz CT molecular complexity index is 1100. The minimum atomic E-state index is -1.14. The van der Waals surface area contributed by atoms with E-state index in [-0.39, 0.29) is 17.6 Å². The van der Waals surface area contributed by atoms with Crippen molar-refractivity contribution in [2.24, 2.45) is 5.73 Å². The van der Waals surface area contributed by atoms with Crippen molar-refractivity contribution in [2.75, 3.05) is 33.4 Å². The molecular weight excluding hydrogens is 502 g/mol. The van der Waals surface area contributed by atoms with E-state index in [0.29, 0.717) is 43.5 Å². The van der Waals surface area contributed by atoms with Gasteiger partial charge >= 0.3 is 0 Å². The number of carbonyl (C=O) groups excluding carboxylic acids is 2. The quantitative estimate of drug-likeness (QED) is 0.507. The number of rotatable bonds is 9. The monoisotopic (exact) mass is 537 g/mol. The highest BCUT2D eigenvalue weighted by Gasteiger charge is 2.55. The molecule has 36 heavy (non-hydrogen) atoms. The average Bonchev–Trinajstić information content (AvgIpc) is 3.49. The molecule has 1 atom stereocenters. The summed E-state index contributed by atoms with van der Waals surface area (Å²) in [6.45, 7) is 8.62. The fourth-order valence-corrected chi connectivity index (χ4v) is 6.60.